The number of hydrogen-bond donors (Lipinski definition) is 2. The minimum absolute atomic E-state index is 0. The number of aliphatic imine (C=N–C) groups is 1. The van der Waals surface area contributed by atoms with E-state index in [-0.39, 0.29) is 29.4 Å². The van der Waals surface area contributed by atoms with Gasteiger partial charge in [-0.25, -0.2) is 9.98 Å². The van der Waals surface area contributed by atoms with Crippen LogP contribution in [0.3, 0.4) is 0 Å². The summed E-state index contributed by atoms with van der Waals surface area (Å²) in [5.41, 5.74) is 2.03. The zero-order chi connectivity index (χ0) is 19.3. The molecule has 150 valence electrons. The molecule has 0 unspecified atom stereocenters. The van der Waals surface area contributed by atoms with E-state index in [1.54, 1.807) is 6.20 Å². The largest absolute Gasteiger partial charge is 0.443 e. The standard InChI is InChI=1S/C21H27N5O.HI/c1-5-22-20(26-14-18-24-13-17(27-18)21(2,3)4)25-12-16-9-6-8-15-10-7-11-23-19(15)16;/h6-11,13H,5,12,14H2,1-4H3,(H2,22,25,26);1H. The van der Waals surface area contributed by atoms with Crippen LogP contribution in [0.2, 0.25) is 0 Å². The van der Waals surface area contributed by atoms with Gasteiger partial charge in [-0.05, 0) is 18.6 Å². The van der Waals surface area contributed by atoms with Gasteiger partial charge in [0.2, 0.25) is 5.89 Å². The summed E-state index contributed by atoms with van der Waals surface area (Å²) in [5.74, 6) is 2.25. The molecule has 0 saturated heterocycles. The molecule has 7 heteroatoms. The van der Waals surface area contributed by atoms with Crippen LogP contribution in [-0.2, 0) is 18.5 Å². The highest BCUT2D eigenvalue weighted by molar-refractivity contribution is 14.0. The third kappa shape index (κ3) is 5.67. The second kappa shape index (κ2) is 9.86. The Morgan fingerprint density at radius 2 is 1.89 bits per heavy atom. The molecular formula is C21H28IN5O. The van der Waals surface area contributed by atoms with E-state index >= 15 is 0 Å². The van der Waals surface area contributed by atoms with Crippen LogP contribution < -0.4 is 10.6 Å². The first-order valence-electron chi connectivity index (χ1n) is 9.27. The lowest BCUT2D eigenvalue weighted by atomic mass is 9.94. The van der Waals surface area contributed by atoms with Crippen molar-refractivity contribution in [2.45, 2.75) is 46.2 Å². The number of halogens is 1. The van der Waals surface area contributed by atoms with E-state index in [1.165, 1.54) is 0 Å². The molecule has 6 nitrogen and oxygen atoms in total. The summed E-state index contributed by atoms with van der Waals surface area (Å²) in [6.45, 7) is 10.2. The number of fused-ring (bicyclic) bond motifs is 1. The molecular weight excluding hydrogens is 465 g/mol. The first-order valence-corrected chi connectivity index (χ1v) is 9.27. The lowest BCUT2D eigenvalue weighted by molar-refractivity contribution is 0.379. The maximum absolute atomic E-state index is 5.83. The molecule has 0 spiro atoms. The lowest BCUT2D eigenvalue weighted by Gasteiger charge is -2.13. The van der Waals surface area contributed by atoms with Gasteiger partial charge in [0.1, 0.15) is 5.76 Å². The summed E-state index contributed by atoms with van der Waals surface area (Å²) >= 11 is 0. The molecule has 0 radical (unpaired) electrons. The first-order chi connectivity index (χ1) is 13.0. The zero-order valence-corrected chi connectivity index (χ0v) is 19.2. The molecule has 0 fully saturated rings. The van der Waals surface area contributed by atoms with E-state index in [4.69, 9.17) is 4.42 Å². The molecule has 28 heavy (non-hydrogen) atoms. The number of benzene rings is 1. The van der Waals surface area contributed by atoms with Crippen molar-refractivity contribution >= 4 is 40.8 Å². The van der Waals surface area contributed by atoms with E-state index in [0.29, 0.717) is 19.0 Å². The normalized spacial score (nSPS) is 11.9. The predicted octanol–water partition coefficient (Wildman–Crippen LogP) is 4.39. The lowest BCUT2D eigenvalue weighted by Crippen LogP contribution is -2.36. The average molecular weight is 493 g/mol. The highest BCUT2D eigenvalue weighted by Gasteiger charge is 2.19. The van der Waals surface area contributed by atoms with Crippen molar-refractivity contribution in [3.05, 3.63) is 59.9 Å². The van der Waals surface area contributed by atoms with Crippen LogP contribution in [0.4, 0.5) is 0 Å². The summed E-state index contributed by atoms with van der Waals surface area (Å²) in [5, 5.41) is 7.66. The highest BCUT2D eigenvalue weighted by atomic mass is 127. The fourth-order valence-corrected chi connectivity index (χ4v) is 2.70. The van der Waals surface area contributed by atoms with Crippen molar-refractivity contribution in [3.8, 4) is 0 Å². The minimum atomic E-state index is -0.0504. The van der Waals surface area contributed by atoms with Gasteiger partial charge < -0.3 is 15.1 Å². The Labute approximate surface area is 183 Å². The van der Waals surface area contributed by atoms with E-state index in [2.05, 4.69) is 64.6 Å². The summed E-state index contributed by atoms with van der Waals surface area (Å²) in [6.07, 6.45) is 3.61. The third-order valence-electron chi connectivity index (χ3n) is 4.17. The Morgan fingerprint density at radius 3 is 2.61 bits per heavy atom. The first kappa shape index (κ1) is 22.1. The number of nitrogens with one attached hydrogen (secondary N) is 2. The van der Waals surface area contributed by atoms with Crippen molar-refractivity contribution < 1.29 is 4.42 Å². The molecule has 0 amide bonds. The number of para-hydroxylation sites is 1. The number of aromatic nitrogens is 2. The van der Waals surface area contributed by atoms with Crippen molar-refractivity contribution in [3.63, 3.8) is 0 Å². The second-order valence-electron chi connectivity index (χ2n) is 7.41. The molecule has 0 saturated carbocycles. The Kier molecular flexibility index (Phi) is 7.79. The van der Waals surface area contributed by atoms with Gasteiger partial charge in [0.15, 0.2) is 5.96 Å². The van der Waals surface area contributed by atoms with Crippen molar-refractivity contribution in [2.75, 3.05) is 6.54 Å². The molecule has 3 rings (SSSR count). The van der Waals surface area contributed by atoms with Crippen LogP contribution in [0.1, 0.15) is 44.9 Å². The minimum Gasteiger partial charge on any atom is -0.443 e. The van der Waals surface area contributed by atoms with Gasteiger partial charge in [-0.15, -0.1) is 24.0 Å². The van der Waals surface area contributed by atoms with Gasteiger partial charge in [0.25, 0.3) is 0 Å². The molecule has 0 aliphatic heterocycles. The molecule has 0 aliphatic rings. The summed E-state index contributed by atoms with van der Waals surface area (Å²) < 4.78 is 5.83. The number of guanidine groups is 1. The molecule has 0 bridgehead atoms. The van der Waals surface area contributed by atoms with Crippen LogP contribution in [0.25, 0.3) is 10.9 Å². The number of hydrogen-bond acceptors (Lipinski definition) is 4. The maximum Gasteiger partial charge on any atom is 0.213 e. The third-order valence-corrected chi connectivity index (χ3v) is 4.17. The van der Waals surface area contributed by atoms with Crippen LogP contribution in [0.15, 0.2) is 52.1 Å². The molecule has 0 aliphatic carbocycles. The van der Waals surface area contributed by atoms with Crippen LogP contribution >= 0.6 is 24.0 Å². The maximum atomic E-state index is 5.83. The number of oxazole rings is 1. The van der Waals surface area contributed by atoms with Crippen molar-refractivity contribution in [1.29, 1.82) is 0 Å². The molecule has 0 atom stereocenters. The molecule has 2 N–H and O–H groups in total. The Bertz CT molecular complexity index is 924. The zero-order valence-electron chi connectivity index (χ0n) is 16.8. The monoisotopic (exact) mass is 493 g/mol. The Morgan fingerprint density at radius 1 is 1.11 bits per heavy atom. The van der Waals surface area contributed by atoms with Gasteiger partial charge in [0.05, 0.1) is 24.8 Å². The summed E-state index contributed by atoms with van der Waals surface area (Å²) in [4.78, 5) is 13.5. The van der Waals surface area contributed by atoms with Gasteiger partial charge in [-0.1, -0.05) is 45.0 Å². The fourth-order valence-electron chi connectivity index (χ4n) is 2.70. The van der Waals surface area contributed by atoms with E-state index in [0.717, 1.165) is 34.7 Å². The second-order valence-corrected chi connectivity index (χ2v) is 7.41. The summed E-state index contributed by atoms with van der Waals surface area (Å²) in [6, 6.07) is 10.2. The number of nitrogens with zero attached hydrogens (tertiary/aromatic N) is 3. The van der Waals surface area contributed by atoms with Gasteiger partial charge in [0, 0.05) is 23.5 Å². The molecule has 2 aromatic heterocycles. The van der Waals surface area contributed by atoms with E-state index in [1.807, 2.05) is 25.3 Å². The van der Waals surface area contributed by atoms with Crippen molar-refractivity contribution in [2.24, 2.45) is 4.99 Å². The van der Waals surface area contributed by atoms with Gasteiger partial charge in [-0.2, -0.15) is 0 Å². The smallest absolute Gasteiger partial charge is 0.213 e. The fraction of sp³-hybridized carbons (Fsp3) is 0.381. The Hall–Kier alpha value is -2.16. The summed E-state index contributed by atoms with van der Waals surface area (Å²) in [7, 11) is 0. The molecule has 2 heterocycles. The SMILES string of the molecule is CCNC(=NCc1cccc2cccnc12)NCc1ncc(C(C)(C)C)o1.I. The Balaban J connectivity index is 0.00000280. The number of pyridine rings is 1. The van der Waals surface area contributed by atoms with Crippen LogP contribution in [0.5, 0.6) is 0 Å². The van der Waals surface area contributed by atoms with Gasteiger partial charge in [-0.3, -0.25) is 4.98 Å². The highest BCUT2D eigenvalue weighted by Crippen LogP contribution is 2.22. The quantitative estimate of drug-likeness (QED) is 0.313. The number of rotatable bonds is 5. The predicted molar refractivity (Wildman–Crippen MR) is 124 cm³/mol. The van der Waals surface area contributed by atoms with Gasteiger partial charge >= 0.3 is 0 Å². The van der Waals surface area contributed by atoms with E-state index in [9.17, 15) is 0 Å². The van der Waals surface area contributed by atoms with E-state index < -0.39 is 0 Å². The van der Waals surface area contributed by atoms with Crippen molar-refractivity contribution in [1.82, 2.24) is 20.6 Å². The van der Waals surface area contributed by atoms with Crippen LogP contribution in [-0.4, -0.2) is 22.5 Å². The molecule has 3 aromatic rings. The van der Waals surface area contributed by atoms with Crippen LogP contribution in [0, 0.1) is 0 Å². The average Bonchev–Trinajstić information content (AvgIpc) is 3.13. The molecule has 1 aromatic carbocycles. The topological polar surface area (TPSA) is 75.3 Å².